The van der Waals surface area contributed by atoms with Gasteiger partial charge < -0.3 is 14.6 Å². The van der Waals surface area contributed by atoms with Crippen molar-refractivity contribution in [1.82, 2.24) is 24.8 Å². The van der Waals surface area contributed by atoms with Gasteiger partial charge in [-0.2, -0.15) is 0 Å². The Kier molecular flexibility index (Phi) is 4.07. The molecule has 0 aliphatic carbocycles. The molecule has 1 amide bonds. The van der Waals surface area contributed by atoms with Gasteiger partial charge in [-0.1, -0.05) is 0 Å². The molecule has 2 aromatic rings. The van der Waals surface area contributed by atoms with Crippen LogP contribution in [0.2, 0.25) is 0 Å². The van der Waals surface area contributed by atoms with Crippen molar-refractivity contribution in [3.8, 4) is 5.88 Å². The zero-order valence-electron chi connectivity index (χ0n) is 10.8. The number of methoxy groups -OCH3 is 1. The molecule has 2 heterocycles. The van der Waals surface area contributed by atoms with Crippen molar-refractivity contribution >= 4 is 5.91 Å². The first-order valence-corrected chi connectivity index (χ1v) is 5.82. The van der Waals surface area contributed by atoms with Crippen LogP contribution in [0.25, 0.3) is 0 Å². The van der Waals surface area contributed by atoms with Crippen molar-refractivity contribution < 1.29 is 9.53 Å². The summed E-state index contributed by atoms with van der Waals surface area (Å²) in [4.78, 5) is 23.7. The number of carbonyl (C=O) groups is 1. The molecule has 0 aliphatic heterocycles. The van der Waals surface area contributed by atoms with E-state index in [4.69, 9.17) is 4.74 Å². The number of aryl methyl sites for hydroxylation is 1. The van der Waals surface area contributed by atoms with Gasteiger partial charge in [0.25, 0.3) is 5.91 Å². The molecule has 2 rings (SSSR count). The molecular weight excluding hydrogens is 246 g/mol. The Balaban J connectivity index is 1.89. The fourth-order valence-corrected chi connectivity index (χ4v) is 1.60. The number of imidazole rings is 1. The smallest absolute Gasteiger partial charge is 0.270 e. The quantitative estimate of drug-likeness (QED) is 0.843. The van der Waals surface area contributed by atoms with Crippen LogP contribution in [0.4, 0.5) is 0 Å². The van der Waals surface area contributed by atoms with Gasteiger partial charge in [0.15, 0.2) is 0 Å². The molecule has 0 bridgehead atoms. The van der Waals surface area contributed by atoms with Gasteiger partial charge in [-0.3, -0.25) is 4.79 Å². The third-order valence-electron chi connectivity index (χ3n) is 2.65. The Morgan fingerprint density at radius 2 is 2.26 bits per heavy atom. The van der Waals surface area contributed by atoms with Crippen LogP contribution in [0.15, 0.2) is 24.8 Å². The summed E-state index contributed by atoms with van der Waals surface area (Å²) in [7, 11) is 1.49. The van der Waals surface area contributed by atoms with Crippen LogP contribution < -0.4 is 10.1 Å². The zero-order valence-corrected chi connectivity index (χ0v) is 10.8. The van der Waals surface area contributed by atoms with Crippen LogP contribution >= 0.6 is 0 Å². The molecule has 0 aromatic carbocycles. The maximum Gasteiger partial charge on any atom is 0.270 e. The lowest BCUT2D eigenvalue weighted by atomic mass is 10.3. The summed E-state index contributed by atoms with van der Waals surface area (Å²) in [5.41, 5.74) is 0.286. The van der Waals surface area contributed by atoms with E-state index < -0.39 is 0 Å². The van der Waals surface area contributed by atoms with E-state index in [-0.39, 0.29) is 11.6 Å². The molecule has 2 aromatic heterocycles. The fraction of sp³-hybridized carbons (Fsp3) is 0.333. The Labute approximate surface area is 110 Å². The monoisotopic (exact) mass is 261 g/mol. The van der Waals surface area contributed by atoms with E-state index in [9.17, 15) is 4.79 Å². The number of amides is 1. The Morgan fingerprint density at radius 3 is 2.95 bits per heavy atom. The van der Waals surface area contributed by atoms with Crippen LogP contribution in [0.5, 0.6) is 5.88 Å². The van der Waals surface area contributed by atoms with E-state index in [1.807, 2.05) is 17.7 Å². The highest BCUT2D eigenvalue weighted by atomic mass is 16.5. The van der Waals surface area contributed by atoms with Gasteiger partial charge in [-0.25, -0.2) is 15.0 Å². The van der Waals surface area contributed by atoms with Gasteiger partial charge in [-0.15, -0.1) is 0 Å². The predicted octanol–water partition coefficient (Wildman–Crippen LogP) is 0.420. The summed E-state index contributed by atoms with van der Waals surface area (Å²) >= 11 is 0. The van der Waals surface area contributed by atoms with Gasteiger partial charge in [0, 0.05) is 31.5 Å². The van der Waals surface area contributed by atoms with Crippen LogP contribution in [-0.2, 0) is 6.54 Å². The molecule has 7 heteroatoms. The molecule has 0 spiro atoms. The van der Waals surface area contributed by atoms with E-state index in [0.717, 1.165) is 5.82 Å². The molecule has 0 fully saturated rings. The number of rotatable bonds is 5. The number of nitrogens with zero attached hydrogens (tertiary/aromatic N) is 4. The van der Waals surface area contributed by atoms with Crippen LogP contribution in [0.3, 0.4) is 0 Å². The largest absolute Gasteiger partial charge is 0.481 e. The number of hydrogen-bond acceptors (Lipinski definition) is 5. The minimum Gasteiger partial charge on any atom is -0.481 e. The summed E-state index contributed by atoms with van der Waals surface area (Å²) in [5, 5.41) is 2.78. The lowest BCUT2D eigenvalue weighted by molar-refractivity contribution is 0.0946. The van der Waals surface area contributed by atoms with Gasteiger partial charge in [0.2, 0.25) is 5.88 Å². The predicted molar refractivity (Wildman–Crippen MR) is 67.9 cm³/mol. The SMILES string of the molecule is COc1cc(C(=O)NCCn2ccnc2C)ncn1. The molecule has 0 radical (unpaired) electrons. The summed E-state index contributed by atoms with van der Waals surface area (Å²) in [5.74, 6) is 1.03. The minimum absolute atomic E-state index is 0.251. The van der Waals surface area contributed by atoms with E-state index in [1.54, 1.807) is 6.20 Å². The standard InChI is InChI=1S/C12H15N5O2/c1-9-13-3-5-17(9)6-4-14-12(18)10-7-11(19-2)16-8-15-10/h3,5,7-8H,4,6H2,1-2H3,(H,14,18). The van der Waals surface area contributed by atoms with E-state index >= 15 is 0 Å². The molecule has 0 aliphatic rings. The lowest BCUT2D eigenvalue weighted by Gasteiger charge is -2.07. The van der Waals surface area contributed by atoms with Crippen molar-refractivity contribution in [2.24, 2.45) is 0 Å². The molecule has 0 saturated carbocycles. The average molecular weight is 261 g/mol. The normalized spacial score (nSPS) is 10.2. The summed E-state index contributed by atoms with van der Waals surface area (Å²) in [6.45, 7) is 3.08. The van der Waals surface area contributed by atoms with Crippen molar-refractivity contribution in [1.29, 1.82) is 0 Å². The molecule has 0 saturated heterocycles. The van der Waals surface area contributed by atoms with E-state index in [2.05, 4.69) is 20.3 Å². The number of nitrogens with one attached hydrogen (secondary N) is 1. The average Bonchev–Trinajstić information content (AvgIpc) is 2.84. The topological polar surface area (TPSA) is 81.9 Å². The molecular formula is C12H15N5O2. The highest BCUT2D eigenvalue weighted by molar-refractivity contribution is 5.92. The highest BCUT2D eigenvalue weighted by Gasteiger charge is 2.08. The molecule has 1 N–H and O–H groups in total. The third-order valence-corrected chi connectivity index (χ3v) is 2.65. The van der Waals surface area contributed by atoms with Gasteiger partial charge >= 0.3 is 0 Å². The molecule has 19 heavy (non-hydrogen) atoms. The van der Waals surface area contributed by atoms with Crippen LogP contribution in [0.1, 0.15) is 16.3 Å². The maximum atomic E-state index is 11.8. The summed E-state index contributed by atoms with van der Waals surface area (Å²) < 4.78 is 6.90. The Hall–Kier alpha value is -2.44. The second-order valence-corrected chi connectivity index (χ2v) is 3.87. The van der Waals surface area contributed by atoms with Gasteiger partial charge in [0.1, 0.15) is 17.8 Å². The number of aromatic nitrogens is 4. The van der Waals surface area contributed by atoms with Crippen molar-refractivity contribution in [2.45, 2.75) is 13.5 Å². The molecule has 0 unspecified atom stereocenters. The Morgan fingerprint density at radius 1 is 1.42 bits per heavy atom. The molecule has 100 valence electrons. The Bertz CT molecular complexity index is 567. The first-order chi connectivity index (χ1) is 9.20. The van der Waals surface area contributed by atoms with Crippen LogP contribution in [-0.4, -0.2) is 39.1 Å². The highest BCUT2D eigenvalue weighted by Crippen LogP contribution is 2.05. The van der Waals surface area contributed by atoms with Crippen molar-refractivity contribution in [3.63, 3.8) is 0 Å². The maximum absolute atomic E-state index is 11.8. The van der Waals surface area contributed by atoms with E-state index in [1.165, 1.54) is 19.5 Å². The number of carbonyl (C=O) groups excluding carboxylic acids is 1. The van der Waals surface area contributed by atoms with Crippen molar-refractivity contribution in [3.05, 3.63) is 36.3 Å². The summed E-state index contributed by atoms with van der Waals surface area (Å²) in [6, 6.07) is 1.50. The first-order valence-electron chi connectivity index (χ1n) is 5.82. The van der Waals surface area contributed by atoms with E-state index in [0.29, 0.717) is 19.0 Å². The summed E-state index contributed by atoms with van der Waals surface area (Å²) in [6.07, 6.45) is 4.90. The second-order valence-electron chi connectivity index (χ2n) is 3.87. The fourth-order valence-electron chi connectivity index (χ4n) is 1.60. The van der Waals surface area contributed by atoms with Gasteiger partial charge in [-0.05, 0) is 6.92 Å². The molecule has 0 atom stereocenters. The second kappa shape index (κ2) is 5.94. The van der Waals surface area contributed by atoms with Crippen molar-refractivity contribution in [2.75, 3.05) is 13.7 Å². The van der Waals surface area contributed by atoms with Crippen LogP contribution in [0, 0.1) is 6.92 Å². The first kappa shape index (κ1) is 13.0. The third kappa shape index (κ3) is 3.27. The minimum atomic E-state index is -0.251. The number of ether oxygens (including phenoxy) is 1. The van der Waals surface area contributed by atoms with Gasteiger partial charge in [0.05, 0.1) is 7.11 Å². The zero-order chi connectivity index (χ0) is 13.7. The number of hydrogen-bond donors (Lipinski definition) is 1. The molecule has 7 nitrogen and oxygen atoms in total. The lowest BCUT2D eigenvalue weighted by Crippen LogP contribution is -2.28.